The Labute approximate surface area is 258 Å². The maximum atomic E-state index is 13.6. The van der Waals surface area contributed by atoms with E-state index in [4.69, 9.17) is 4.74 Å². The molecule has 2 amide bonds. The lowest BCUT2D eigenvalue weighted by Gasteiger charge is -2.48. The number of phenolic OH excluding ortho intramolecular Hbond substituents is 1. The van der Waals surface area contributed by atoms with Gasteiger partial charge in [-0.3, -0.25) is 4.79 Å². The molecule has 2 saturated heterocycles. The third kappa shape index (κ3) is 7.57. The topological polar surface area (TPSA) is 186 Å². The average Bonchev–Trinajstić information content (AvgIpc) is 3.00. The number of piperazine rings is 1. The largest absolute Gasteiger partial charge is 0.735 e. The molecule has 2 aliphatic heterocycles. The third-order valence-corrected chi connectivity index (χ3v) is 8.91. The van der Waals surface area contributed by atoms with E-state index in [0.29, 0.717) is 22.4 Å². The molecule has 0 aromatic heterocycles. The summed E-state index contributed by atoms with van der Waals surface area (Å²) in [5, 5.41) is 21.7. The highest BCUT2D eigenvalue weighted by Crippen LogP contribution is 2.48. The number of rotatable bonds is 9. The van der Waals surface area contributed by atoms with Gasteiger partial charge in [0.1, 0.15) is 24.0 Å². The Morgan fingerprint density at radius 3 is 2.16 bits per heavy atom. The minimum atomic E-state index is -4.59. The number of aliphatic hydroxyl groups excluding tert-OH is 1. The molecule has 242 valence electrons. The summed E-state index contributed by atoms with van der Waals surface area (Å²) < 4.78 is 66.4. The summed E-state index contributed by atoms with van der Waals surface area (Å²) in [4.78, 5) is 28.5. The van der Waals surface area contributed by atoms with Crippen LogP contribution in [0, 0.1) is 17.6 Å². The van der Waals surface area contributed by atoms with Crippen molar-refractivity contribution in [2.75, 3.05) is 31.1 Å². The summed E-state index contributed by atoms with van der Waals surface area (Å²) in [6, 6.07) is 14.8. The van der Waals surface area contributed by atoms with Crippen molar-refractivity contribution in [3.05, 3.63) is 95.1 Å². The lowest BCUT2D eigenvalue weighted by atomic mass is 9.77. The molecule has 3 atom stereocenters. The Balaban J connectivity index is 0.00000461. The number of carbonyl (C=O) groups is 2. The summed E-state index contributed by atoms with van der Waals surface area (Å²) >= 11 is 0. The highest BCUT2D eigenvalue weighted by molar-refractivity contribution is 7.83. The van der Waals surface area contributed by atoms with Gasteiger partial charge in [0.05, 0.1) is 18.1 Å². The molecular formula is C30H33F2N4O8S-. The number of β-lactam (4-membered cyclic amide) rings is 1. The molecule has 2 heterocycles. The predicted molar refractivity (Wildman–Crippen MR) is 157 cm³/mol. The van der Waals surface area contributed by atoms with Crippen LogP contribution in [0.1, 0.15) is 41.7 Å². The molecule has 3 aromatic rings. The van der Waals surface area contributed by atoms with Gasteiger partial charge in [-0.1, -0.05) is 24.3 Å². The SMILES string of the molecule is N.O=C(OCc1ccc([C@@H]2[C@@H](CC[C@H](O)c3ccc(F)cc3)C(=O)N2c2ccc(F)cc2)c(O)c1)N1CCN(S(=O)(=O)[O-])CC1. The Hall–Kier alpha value is -4.15. The molecular weight excluding hydrogens is 614 g/mol. The monoisotopic (exact) mass is 647 g/mol. The van der Waals surface area contributed by atoms with E-state index in [-0.39, 0.29) is 63.4 Å². The first-order chi connectivity index (χ1) is 20.9. The number of anilines is 1. The molecule has 3 aromatic carbocycles. The average molecular weight is 648 g/mol. The van der Waals surface area contributed by atoms with Gasteiger partial charge in [0, 0.05) is 37.4 Å². The number of nitrogens with zero attached hydrogens (tertiary/aromatic N) is 3. The normalized spacial score (nSPS) is 19.4. The van der Waals surface area contributed by atoms with Gasteiger partial charge in [-0.05, 0) is 66.4 Å². The highest BCUT2D eigenvalue weighted by Gasteiger charge is 2.49. The number of halogens is 2. The van der Waals surface area contributed by atoms with Crippen molar-refractivity contribution in [3.63, 3.8) is 0 Å². The van der Waals surface area contributed by atoms with Gasteiger partial charge in [-0.2, -0.15) is 0 Å². The van der Waals surface area contributed by atoms with Crippen LogP contribution in [0.3, 0.4) is 0 Å². The van der Waals surface area contributed by atoms with Crippen molar-refractivity contribution in [2.45, 2.75) is 31.6 Å². The van der Waals surface area contributed by atoms with Crippen LogP contribution in [0.4, 0.5) is 19.3 Å². The van der Waals surface area contributed by atoms with Gasteiger partial charge in [0.25, 0.3) is 0 Å². The molecule has 2 fully saturated rings. The van der Waals surface area contributed by atoms with Crippen LogP contribution in [0.5, 0.6) is 5.75 Å². The van der Waals surface area contributed by atoms with Gasteiger partial charge in [-0.25, -0.2) is 26.3 Å². The van der Waals surface area contributed by atoms with Crippen LogP contribution in [-0.4, -0.2) is 70.6 Å². The Morgan fingerprint density at radius 1 is 0.978 bits per heavy atom. The fourth-order valence-electron chi connectivity index (χ4n) is 5.52. The van der Waals surface area contributed by atoms with E-state index in [9.17, 15) is 41.6 Å². The molecule has 0 spiro atoms. The molecule has 12 nitrogen and oxygen atoms in total. The molecule has 2 aliphatic rings. The molecule has 15 heteroatoms. The minimum Gasteiger partial charge on any atom is -0.735 e. The second-order valence-electron chi connectivity index (χ2n) is 10.7. The van der Waals surface area contributed by atoms with E-state index < -0.39 is 46.1 Å². The number of benzene rings is 3. The van der Waals surface area contributed by atoms with Crippen LogP contribution >= 0.6 is 0 Å². The number of ether oxygens (including phenoxy) is 1. The van der Waals surface area contributed by atoms with Gasteiger partial charge < -0.3 is 35.5 Å². The lowest BCUT2D eigenvalue weighted by Crippen LogP contribution is -2.55. The fraction of sp³-hybridized carbons (Fsp3) is 0.333. The van der Waals surface area contributed by atoms with Gasteiger partial charge >= 0.3 is 6.09 Å². The maximum absolute atomic E-state index is 13.6. The molecule has 45 heavy (non-hydrogen) atoms. The van der Waals surface area contributed by atoms with Crippen molar-refractivity contribution < 1.29 is 46.3 Å². The van der Waals surface area contributed by atoms with E-state index in [1.807, 2.05) is 0 Å². The van der Waals surface area contributed by atoms with E-state index >= 15 is 0 Å². The first-order valence-electron chi connectivity index (χ1n) is 13.9. The Kier molecular flexibility index (Phi) is 10.4. The van der Waals surface area contributed by atoms with E-state index in [1.165, 1.54) is 64.4 Å². The lowest BCUT2D eigenvalue weighted by molar-refractivity contribution is -0.131. The molecule has 0 bridgehead atoms. The number of hydrogen-bond donors (Lipinski definition) is 3. The number of aromatic hydroxyl groups is 1. The second kappa shape index (κ2) is 13.9. The van der Waals surface area contributed by atoms with Crippen molar-refractivity contribution in [1.82, 2.24) is 15.4 Å². The van der Waals surface area contributed by atoms with Gasteiger partial charge in [0.2, 0.25) is 5.91 Å². The van der Waals surface area contributed by atoms with E-state index in [2.05, 4.69) is 0 Å². The first-order valence-corrected chi connectivity index (χ1v) is 15.3. The molecule has 5 N–H and O–H groups in total. The Morgan fingerprint density at radius 2 is 1.58 bits per heavy atom. The molecule has 0 saturated carbocycles. The van der Waals surface area contributed by atoms with Crippen LogP contribution in [0.25, 0.3) is 0 Å². The predicted octanol–water partition coefficient (Wildman–Crippen LogP) is 3.76. The molecule has 5 rings (SSSR count). The summed E-state index contributed by atoms with van der Waals surface area (Å²) in [5.74, 6) is -1.97. The summed E-state index contributed by atoms with van der Waals surface area (Å²) in [5.41, 5.74) is 1.78. The van der Waals surface area contributed by atoms with Gasteiger partial charge in [0.15, 0.2) is 10.3 Å². The standard InChI is InChI=1S/C30H31F2N3O8S.H3N/c31-21-4-2-20(3-5-21)26(36)12-11-25-28(35(29(25)38)23-8-6-22(32)7-9-23)24-10-1-19(17-27(24)37)18-43-30(39)33-13-15-34(16-14-33)44(40,41)42;/h1-10,17,25-26,28,36-37H,11-16,18H2,(H,40,41,42);1H3/p-1/t25-,26+,28-;/m1./s1. The first kappa shape index (κ1) is 33.7. The summed E-state index contributed by atoms with van der Waals surface area (Å²) in [6.45, 7) is -0.481. The number of hydrogen-bond acceptors (Lipinski definition) is 9. The van der Waals surface area contributed by atoms with E-state index in [1.54, 1.807) is 12.1 Å². The summed E-state index contributed by atoms with van der Waals surface area (Å²) in [7, 11) is -4.59. The zero-order valence-electron chi connectivity index (χ0n) is 24.1. The molecule has 0 unspecified atom stereocenters. The van der Waals surface area contributed by atoms with Gasteiger partial charge in [-0.15, -0.1) is 0 Å². The summed E-state index contributed by atoms with van der Waals surface area (Å²) in [6.07, 6.45) is -1.20. The number of carbonyl (C=O) groups excluding carboxylic acids is 2. The van der Waals surface area contributed by atoms with Crippen LogP contribution in [0.15, 0.2) is 66.7 Å². The molecule has 0 aliphatic carbocycles. The zero-order valence-corrected chi connectivity index (χ0v) is 24.9. The number of aliphatic hydroxyl groups is 1. The quantitative estimate of drug-likeness (QED) is 0.230. The van der Waals surface area contributed by atoms with Crippen LogP contribution in [0.2, 0.25) is 0 Å². The minimum absolute atomic E-state index is 0. The van der Waals surface area contributed by atoms with Crippen molar-refractivity contribution in [2.24, 2.45) is 5.92 Å². The van der Waals surface area contributed by atoms with Crippen molar-refractivity contribution >= 4 is 28.0 Å². The fourth-order valence-corrected chi connectivity index (χ4v) is 6.13. The smallest absolute Gasteiger partial charge is 0.410 e. The number of phenols is 1. The van der Waals surface area contributed by atoms with Crippen molar-refractivity contribution in [3.8, 4) is 5.75 Å². The van der Waals surface area contributed by atoms with Crippen molar-refractivity contribution in [1.29, 1.82) is 0 Å². The van der Waals surface area contributed by atoms with Crippen LogP contribution < -0.4 is 11.1 Å². The van der Waals surface area contributed by atoms with E-state index in [0.717, 1.165) is 4.31 Å². The third-order valence-electron chi connectivity index (χ3n) is 7.91. The maximum Gasteiger partial charge on any atom is 0.410 e. The number of amides is 2. The zero-order chi connectivity index (χ0) is 31.6. The Bertz CT molecular complexity index is 1620. The second-order valence-corrected chi connectivity index (χ2v) is 12.0. The highest BCUT2D eigenvalue weighted by atomic mass is 32.2. The molecule has 0 radical (unpaired) electrons. The van der Waals surface area contributed by atoms with Crippen LogP contribution in [-0.2, 0) is 26.4 Å².